The lowest BCUT2D eigenvalue weighted by molar-refractivity contribution is -0.128. The van der Waals surface area contributed by atoms with Crippen LogP contribution in [0.5, 0.6) is 23.0 Å². The third-order valence-electron chi connectivity index (χ3n) is 4.71. The Balaban J connectivity index is 1.48. The van der Waals surface area contributed by atoms with Crippen LogP contribution in [0.2, 0.25) is 0 Å². The first kappa shape index (κ1) is 20.9. The molecule has 0 radical (unpaired) electrons. The number of carbonyl (C=O) groups excluding carboxylic acids is 1. The highest BCUT2D eigenvalue weighted by atomic mass is 16.5. The van der Waals surface area contributed by atoms with Crippen molar-refractivity contribution in [3.8, 4) is 23.0 Å². The van der Waals surface area contributed by atoms with Crippen molar-refractivity contribution >= 4 is 23.0 Å². The molecule has 0 spiro atoms. The van der Waals surface area contributed by atoms with E-state index >= 15 is 0 Å². The Kier molecular flexibility index (Phi) is 6.03. The number of rotatable bonds is 6. The van der Waals surface area contributed by atoms with Crippen molar-refractivity contribution < 1.29 is 23.4 Å². The van der Waals surface area contributed by atoms with Gasteiger partial charge < -0.3 is 18.6 Å². The Labute approximate surface area is 184 Å². The average molecular weight is 428 g/mol. The van der Waals surface area contributed by atoms with Crippen LogP contribution in [-0.4, -0.2) is 13.1 Å². The summed E-state index contributed by atoms with van der Waals surface area (Å²) in [4.78, 5) is 24.9. The van der Waals surface area contributed by atoms with Gasteiger partial charge in [0, 0.05) is 12.1 Å². The molecule has 1 heterocycles. The lowest BCUT2D eigenvalue weighted by Gasteiger charge is -2.07. The van der Waals surface area contributed by atoms with Crippen molar-refractivity contribution in [1.29, 1.82) is 0 Å². The Bertz CT molecular complexity index is 1330. The number of hydrogen-bond acceptors (Lipinski definition) is 6. The number of fused-ring (bicyclic) bond motifs is 1. The summed E-state index contributed by atoms with van der Waals surface area (Å²) < 4.78 is 21.6. The van der Waals surface area contributed by atoms with Crippen molar-refractivity contribution in [2.24, 2.45) is 0 Å². The van der Waals surface area contributed by atoms with Gasteiger partial charge in [0.15, 0.2) is 0 Å². The Hall–Kier alpha value is -4.32. The minimum Gasteiger partial charge on any atom is -0.497 e. The van der Waals surface area contributed by atoms with Crippen LogP contribution in [0.15, 0.2) is 88.3 Å². The minimum absolute atomic E-state index is 0.0773. The zero-order chi connectivity index (χ0) is 22.5. The van der Waals surface area contributed by atoms with E-state index in [1.165, 1.54) is 24.5 Å². The van der Waals surface area contributed by atoms with E-state index in [0.29, 0.717) is 11.1 Å². The molecule has 0 N–H and O–H groups in total. The van der Waals surface area contributed by atoms with Crippen LogP contribution < -0.4 is 19.6 Å². The molecular formula is C26H20O6. The number of methoxy groups -OCH3 is 1. The first-order valence-corrected chi connectivity index (χ1v) is 9.86. The maximum Gasteiger partial charge on any atom is 0.336 e. The minimum atomic E-state index is -0.554. The summed E-state index contributed by atoms with van der Waals surface area (Å²) in [5.74, 6) is 1.05. The second-order valence-electron chi connectivity index (χ2n) is 7.03. The van der Waals surface area contributed by atoms with Gasteiger partial charge in [-0.25, -0.2) is 4.79 Å². The fourth-order valence-corrected chi connectivity index (χ4v) is 2.99. The first-order chi connectivity index (χ1) is 15.5. The molecule has 4 aromatic rings. The van der Waals surface area contributed by atoms with Gasteiger partial charge >= 0.3 is 5.97 Å². The van der Waals surface area contributed by atoms with Crippen LogP contribution >= 0.6 is 0 Å². The van der Waals surface area contributed by atoms with E-state index in [-0.39, 0.29) is 22.5 Å². The van der Waals surface area contributed by atoms with Crippen molar-refractivity contribution in [3.63, 3.8) is 0 Å². The fourth-order valence-electron chi connectivity index (χ4n) is 2.99. The van der Waals surface area contributed by atoms with Crippen LogP contribution in [0.4, 0.5) is 0 Å². The first-order valence-electron chi connectivity index (χ1n) is 9.86. The fraction of sp³-hybridized carbons (Fsp3) is 0.0769. The maximum absolute atomic E-state index is 12.7. The molecule has 4 rings (SSSR count). The van der Waals surface area contributed by atoms with Gasteiger partial charge in [-0.15, -0.1) is 0 Å². The van der Waals surface area contributed by atoms with Crippen LogP contribution in [0.1, 0.15) is 11.1 Å². The second kappa shape index (κ2) is 9.22. The summed E-state index contributed by atoms with van der Waals surface area (Å²) in [7, 11) is 1.59. The molecule has 0 unspecified atom stereocenters. The number of ether oxygens (including phenoxy) is 3. The quantitative estimate of drug-likeness (QED) is 0.229. The molecule has 0 atom stereocenters. The SMILES string of the molecule is COc1ccc(C=CC(=O)Oc2ccc3c(=O)c(Oc4ccc(C)cc4)coc3c2)cc1. The smallest absolute Gasteiger partial charge is 0.336 e. The number of benzene rings is 3. The molecule has 0 amide bonds. The van der Waals surface area contributed by atoms with E-state index < -0.39 is 5.97 Å². The highest BCUT2D eigenvalue weighted by Crippen LogP contribution is 2.24. The Morgan fingerprint density at radius 3 is 2.31 bits per heavy atom. The lowest BCUT2D eigenvalue weighted by Crippen LogP contribution is -2.06. The van der Waals surface area contributed by atoms with Gasteiger partial charge in [-0.05, 0) is 55.0 Å². The van der Waals surface area contributed by atoms with E-state index in [1.54, 1.807) is 43.5 Å². The van der Waals surface area contributed by atoms with Gasteiger partial charge in [0.25, 0.3) is 0 Å². The van der Waals surface area contributed by atoms with E-state index in [1.807, 2.05) is 31.2 Å². The van der Waals surface area contributed by atoms with Crippen molar-refractivity contribution in [1.82, 2.24) is 0 Å². The van der Waals surface area contributed by atoms with E-state index in [4.69, 9.17) is 18.6 Å². The predicted octanol–water partition coefficient (Wildman–Crippen LogP) is 5.52. The Morgan fingerprint density at radius 1 is 0.906 bits per heavy atom. The topological polar surface area (TPSA) is 75.0 Å². The van der Waals surface area contributed by atoms with Crippen molar-refractivity contribution in [2.75, 3.05) is 7.11 Å². The number of carbonyl (C=O) groups is 1. The van der Waals surface area contributed by atoms with Crippen LogP contribution in [-0.2, 0) is 4.79 Å². The van der Waals surface area contributed by atoms with Crippen LogP contribution in [0.3, 0.4) is 0 Å². The van der Waals surface area contributed by atoms with E-state index in [9.17, 15) is 9.59 Å². The molecule has 0 aliphatic carbocycles. The Morgan fingerprint density at radius 2 is 1.59 bits per heavy atom. The molecule has 0 aliphatic rings. The molecule has 0 bridgehead atoms. The highest BCUT2D eigenvalue weighted by molar-refractivity contribution is 5.89. The number of hydrogen-bond donors (Lipinski definition) is 0. The molecule has 1 aromatic heterocycles. The van der Waals surface area contributed by atoms with E-state index in [0.717, 1.165) is 16.9 Å². The van der Waals surface area contributed by atoms with Crippen LogP contribution in [0.25, 0.3) is 17.0 Å². The van der Waals surface area contributed by atoms with E-state index in [2.05, 4.69) is 0 Å². The van der Waals surface area contributed by atoms with Gasteiger partial charge in [0.05, 0.1) is 12.5 Å². The average Bonchev–Trinajstić information content (AvgIpc) is 2.81. The molecule has 3 aromatic carbocycles. The second-order valence-corrected chi connectivity index (χ2v) is 7.03. The van der Waals surface area contributed by atoms with Gasteiger partial charge in [0.1, 0.15) is 29.1 Å². The number of esters is 1. The molecule has 6 nitrogen and oxygen atoms in total. The standard InChI is InChI=1S/C26H20O6/c1-17-3-8-20(9-4-17)31-24-16-30-23-15-21(12-13-22(23)26(24)28)32-25(27)14-7-18-5-10-19(29-2)11-6-18/h3-16H,1-2H3. The molecule has 6 heteroatoms. The van der Waals surface area contributed by atoms with Crippen molar-refractivity contribution in [3.05, 3.63) is 100 Å². The monoisotopic (exact) mass is 428 g/mol. The third-order valence-corrected chi connectivity index (χ3v) is 4.71. The lowest BCUT2D eigenvalue weighted by atomic mass is 10.2. The molecule has 0 fully saturated rings. The summed E-state index contributed by atoms with van der Waals surface area (Å²) >= 11 is 0. The molecule has 0 saturated heterocycles. The summed E-state index contributed by atoms with van der Waals surface area (Å²) in [6.45, 7) is 1.97. The van der Waals surface area contributed by atoms with Gasteiger partial charge in [-0.2, -0.15) is 0 Å². The van der Waals surface area contributed by atoms with Gasteiger partial charge in [0.2, 0.25) is 11.2 Å². The number of aryl methyl sites for hydroxylation is 1. The molecular weight excluding hydrogens is 408 g/mol. The highest BCUT2D eigenvalue weighted by Gasteiger charge is 2.11. The zero-order valence-electron chi connectivity index (χ0n) is 17.5. The zero-order valence-corrected chi connectivity index (χ0v) is 17.5. The summed E-state index contributed by atoms with van der Waals surface area (Å²) in [5, 5.41) is 0.322. The van der Waals surface area contributed by atoms with Gasteiger partial charge in [-0.3, -0.25) is 4.79 Å². The summed E-state index contributed by atoms with van der Waals surface area (Å²) in [6.07, 6.45) is 4.21. The third kappa shape index (κ3) is 4.87. The largest absolute Gasteiger partial charge is 0.497 e. The summed E-state index contributed by atoms with van der Waals surface area (Å²) in [6, 6.07) is 19.2. The summed E-state index contributed by atoms with van der Waals surface area (Å²) in [5.41, 5.74) is 1.89. The molecule has 0 saturated carbocycles. The molecule has 32 heavy (non-hydrogen) atoms. The molecule has 160 valence electrons. The van der Waals surface area contributed by atoms with Crippen LogP contribution in [0, 0.1) is 6.92 Å². The van der Waals surface area contributed by atoms with Crippen molar-refractivity contribution in [2.45, 2.75) is 6.92 Å². The normalized spacial score (nSPS) is 10.9. The molecule has 0 aliphatic heterocycles. The maximum atomic E-state index is 12.7. The predicted molar refractivity (Wildman–Crippen MR) is 121 cm³/mol. The van der Waals surface area contributed by atoms with Gasteiger partial charge in [-0.1, -0.05) is 29.8 Å².